The lowest BCUT2D eigenvalue weighted by molar-refractivity contribution is -0.137. The molecule has 0 saturated heterocycles. The Kier molecular flexibility index (Phi) is 12.6. The molecule has 3 nitrogen and oxygen atoms in total. The van der Waals surface area contributed by atoms with Crippen LogP contribution in [-0.4, -0.2) is 9.13 Å². The van der Waals surface area contributed by atoms with Crippen LogP contribution >= 0.6 is 0 Å². The minimum absolute atomic E-state index is 0.406. The van der Waals surface area contributed by atoms with Gasteiger partial charge in [-0.2, -0.15) is 18.4 Å². The molecule has 0 unspecified atom stereocenters. The molecular formula is C75H64F3N3. The van der Waals surface area contributed by atoms with Crippen molar-refractivity contribution in [1.29, 1.82) is 5.26 Å². The summed E-state index contributed by atoms with van der Waals surface area (Å²) >= 11 is 0. The molecule has 0 amide bonds. The molecule has 81 heavy (non-hydrogen) atoms. The zero-order chi connectivity index (χ0) is 57.2. The van der Waals surface area contributed by atoms with Gasteiger partial charge in [-0.3, -0.25) is 0 Å². The number of benzene rings is 10. The minimum atomic E-state index is -4.57. The normalized spacial score (nSPS) is 11.9. The Morgan fingerprint density at radius 1 is 0.321 bits per heavy atom. The maximum absolute atomic E-state index is 14.9. The number of hydrogen-bond acceptors (Lipinski definition) is 1. The number of nitrogens with zero attached hydrogens (tertiary/aromatic N) is 3. The fraction of sp³-hybridized carbons (Fsp3) is 0.187. The quantitative estimate of drug-likeness (QED) is 0.157. The Balaban J connectivity index is 1.29. The molecule has 0 bridgehead atoms. The molecule has 400 valence electrons. The van der Waals surface area contributed by atoms with Crippen LogP contribution in [0.1, 0.15) is 83.5 Å². The SMILES string of the molecule is Cc1cc(C)c(-c2ccc3c4ccc(-c5c(C)cc(C)cc5C)cc4n(-c4cc(C#N)cc(-n5c6cc(-c7c(C)cc(C)cc7C)ccc6c6ccc(-c7c(C)cc(C)cc7C)cc65)c4-c4ccc(C(F)(F)F)cc4C)c3c2)c(C)c1. The first-order valence-corrected chi connectivity index (χ1v) is 27.8. The molecule has 0 N–H and O–H groups in total. The van der Waals surface area contributed by atoms with Crippen LogP contribution in [0.3, 0.4) is 0 Å². The molecule has 0 fully saturated rings. The van der Waals surface area contributed by atoms with Gasteiger partial charge in [0.25, 0.3) is 0 Å². The molecule has 12 rings (SSSR count). The monoisotopic (exact) mass is 1060 g/mol. The predicted molar refractivity (Wildman–Crippen MR) is 334 cm³/mol. The third-order valence-corrected chi connectivity index (χ3v) is 16.9. The Morgan fingerprint density at radius 3 is 0.852 bits per heavy atom. The molecule has 0 aliphatic rings. The van der Waals surface area contributed by atoms with Gasteiger partial charge in [-0.15, -0.1) is 0 Å². The van der Waals surface area contributed by atoms with E-state index in [4.69, 9.17) is 0 Å². The second-order valence-electron chi connectivity index (χ2n) is 23.2. The molecule has 0 atom stereocenters. The van der Waals surface area contributed by atoms with Gasteiger partial charge in [0, 0.05) is 27.1 Å². The van der Waals surface area contributed by atoms with Gasteiger partial charge < -0.3 is 9.13 Å². The van der Waals surface area contributed by atoms with Gasteiger partial charge in [0.05, 0.1) is 50.6 Å². The van der Waals surface area contributed by atoms with Crippen molar-refractivity contribution in [2.75, 3.05) is 0 Å². The standard InChI is InChI=1S/C75H64F3N3/c1-40-24-45(6)70(46(7)25-40)54-14-19-60-61-20-15-55(71-47(8)26-41(2)27-48(71)9)36-65(61)80(64(60)35-54)68-33-53(39-79)34-69(74(68)59-23-18-58(32-44(59)5)75(76,77)78)81-66-37-56(72-49(10)28-42(3)29-50(72)11)16-21-62(66)63-22-17-57(38-67(63)81)73-51(12)30-43(4)31-52(73)13/h14-38H,1-13H3. The lowest BCUT2D eigenvalue weighted by Crippen LogP contribution is -2.08. The Hall–Kier alpha value is -8.92. The summed E-state index contributed by atoms with van der Waals surface area (Å²) in [5, 5.41) is 15.5. The van der Waals surface area contributed by atoms with E-state index in [0.29, 0.717) is 33.6 Å². The number of hydrogen-bond donors (Lipinski definition) is 0. The van der Waals surface area contributed by atoms with Crippen LogP contribution in [0, 0.1) is 101 Å². The molecule has 0 spiro atoms. The van der Waals surface area contributed by atoms with Crippen LogP contribution in [0.2, 0.25) is 0 Å². The fourth-order valence-electron chi connectivity index (χ4n) is 14.1. The number of aromatic nitrogens is 2. The van der Waals surface area contributed by atoms with E-state index >= 15 is 0 Å². The van der Waals surface area contributed by atoms with Crippen LogP contribution in [-0.2, 0) is 6.18 Å². The van der Waals surface area contributed by atoms with Crippen LogP contribution in [0.5, 0.6) is 0 Å². The van der Waals surface area contributed by atoms with E-state index in [0.717, 1.165) is 133 Å². The highest BCUT2D eigenvalue weighted by Crippen LogP contribution is 2.48. The highest BCUT2D eigenvalue weighted by Gasteiger charge is 2.32. The molecule has 2 heterocycles. The fourth-order valence-corrected chi connectivity index (χ4v) is 14.1. The molecule has 0 radical (unpaired) electrons. The number of halogens is 3. The first-order chi connectivity index (χ1) is 38.6. The molecule has 6 heteroatoms. The van der Waals surface area contributed by atoms with Gasteiger partial charge >= 0.3 is 6.18 Å². The summed E-state index contributed by atoms with van der Waals surface area (Å²) in [6.07, 6.45) is -4.57. The number of alkyl halides is 3. The average molecular weight is 1060 g/mol. The van der Waals surface area contributed by atoms with Gasteiger partial charge in [-0.25, -0.2) is 0 Å². The number of aryl methyl sites for hydroxylation is 13. The molecule has 0 aliphatic carbocycles. The van der Waals surface area contributed by atoms with E-state index in [2.05, 4.69) is 220 Å². The Bertz CT molecular complexity index is 4140. The molecule has 12 aromatic rings. The topological polar surface area (TPSA) is 33.6 Å². The molecule has 10 aromatic carbocycles. The zero-order valence-corrected chi connectivity index (χ0v) is 48.4. The summed E-state index contributed by atoms with van der Waals surface area (Å²) in [6.45, 7) is 27.5. The van der Waals surface area contributed by atoms with Crippen molar-refractivity contribution in [3.8, 4) is 73.1 Å². The summed E-state index contributed by atoms with van der Waals surface area (Å²) in [4.78, 5) is 0. The molecule has 0 saturated carbocycles. The highest BCUT2D eigenvalue weighted by molar-refractivity contribution is 6.14. The first-order valence-electron chi connectivity index (χ1n) is 27.8. The lowest BCUT2D eigenvalue weighted by atomic mass is 9.92. The second-order valence-corrected chi connectivity index (χ2v) is 23.2. The van der Waals surface area contributed by atoms with Gasteiger partial charge in [0.1, 0.15) is 0 Å². The Morgan fingerprint density at radius 2 is 0.605 bits per heavy atom. The molecule has 0 aliphatic heterocycles. The van der Waals surface area contributed by atoms with Crippen molar-refractivity contribution >= 4 is 43.6 Å². The smallest absolute Gasteiger partial charge is 0.308 e. The van der Waals surface area contributed by atoms with E-state index in [-0.39, 0.29) is 0 Å². The van der Waals surface area contributed by atoms with E-state index in [1.165, 1.54) is 34.4 Å². The molecule has 2 aromatic heterocycles. The van der Waals surface area contributed by atoms with Crippen LogP contribution in [0.25, 0.3) is 111 Å². The van der Waals surface area contributed by atoms with Gasteiger partial charge in [-0.1, -0.05) is 125 Å². The van der Waals surface area contributed by atoms with E-state index in [9.17, 15) is 18.4 Å². The van der Waals surface area contributed by atoms with Crippen LogP contribution < -0.4 is 0 Å². The van der Waals surface area contributed by atoms with Crippen molar-refractivity contribution < 1.29 is 13.2 Å². The number of rotatable bonds is 7. The largest absolute Gasteiger partial charge is 0.416 e. The third kappa shape index (κ3) is 8.82. The average Bonchev–Trinajstić information content (AvgIpc) is 2.51. The van der Waals surface area contributed by atoms with E-state index in [1.807, 2.05) is 12.1 Å². The summed E-state index contributed by atoms with van der Waals surface area (Å²) in [5.74, 6) is 0. The second kappa shape index (κ2) is 19.4. The van der Waals surface area contributed by atoms with Gasteiger partial charge in [0.2, 0.25) is 0 Å². The summed E-state index contributed by atoms with van der Waals surface area (Å²) in [6, 6.07) is 55.1. The summed E-state index contributed by atoms with van der Waals surface area (Å²) < 4.78 is 49.2. The maximum Gasteiger partial charge on any atom is 0.416 e. The van der Waals surface area contributed by atoms with Crippen molar-refractivity contribution in [3.05, 3.63) is 235 Å². The van der Waals surface area contributed by atoms with Crippen LogP contribution in [0.4, 0.5) is 13.2 Å². The third-order valence-electron chi connectivity index (χ3n) is 16.9. The zero-order valence-electron chi connectivity index (χ0n) is 48.4. The maximum atomic E-state index is 14.9. The van der Waals surface area contributed by atoms with Crippen LogP contribution in [0.15, 0.2) is 152 Å². The summed E-state index contributed by atoms with van der Waals surface area (Å²) in [7, 11) is 0. The van der Waals surface area contributed by atoms with Crippen molar-refractivity contribution in [3.63, 3.8) is 0 Å². The summed E-state index contributed by atoms with van der Waals surface area (Å²) in [5.41, 5.74) is 29.2. The first kappa shape index (κ1) is 52.8. The highest BCUT2D eigenvalue weighted by atomic mass is 19.4. The van der Waals surface area contributed by atoms with E-state index in [1.54, 1.807) is 13.0 Å². The van der Waals surface area contributed by atoms with Crippen molar-refractivity contribution in [2.24, 2.45) is 0 Å². The van der Waals surface area contributed by atoms with Crippen molar-refractivity contribution in [2.45, 2.75) is 96.2 Å². The predicted octanol–water partition coefficient (Wildman–Crippen LogP) is 21.1. The van der Waals surface area contributed by atoms with Gasteiger partial charge in [0.15, 0.2) is 0 Å². The lowest BCUT2D eigenvalue weighted by Gasteiger charge is -2.23. The van der Waals surface area contributed by atoms with E-state index < -0.39 is 11.7 Å². The molecular weight excluding hydrogens is 1000 g/mol. The minimum Gasteiger partial charge on any atom is -0.308 e. The van der Waals surface area contributed by atoms with Gasteiger partial charge in [-0.05, 0) is 239 Å². The Labute approximate surface area is 473 Å². The van der Waals surface area contributed by atoms with Crippen molar-refractivity contribution in [1.82, 2.24) is 9.13 Å². The number of nitriles is 1. The number of fused-ring (bicyclic) bond motifs is 6.